The van der Waals surface area contributed by atoms with Crippen LogP contribution in [0, 0.1) is 0 Å². The molecular formula is C32H31N5O3. The summed E-state index contributed by atoms with van der Waals surface area (Å²) in [5, 5.41) is 1.08. The van der Waals surface area contributed by atoms with Crippen LogP contribution in [0.1, 0.15) is 12.5 Å². The van der Waals surface area contributed by atoms with E-state index in [9.17, 15) is 0 Å². The first kappa shape index (κ1) is 24.5. The van der Waals surface area contributed by atoms with Gasteiger partial charge < -0.3 is 23.7 Å². The Balaban J connectivity index is 1.19. The van der Waals surface area contributed by atoms with E-state index in [4.69, 9.17) is 24.2 Å². The summed E-state index contributed by atoms with van der Waals surface area (Å²) in [5.74, 6) is 3.51. The maximum Gasteiger partial charge on any atom is 0.231 e. The van der Waals surface area contributed by atoms with Crippen molar-refractivity contribution in [2.75, 3.05) is 44.5 Å². The maximum absolute atomic E-state index is 5.67. The molecule has 0 radical (unpaired) electrons. The van der Waals surface area contributed by atoms with Crippen LogP contribution in [-0.2, 0) is 6.54 Å². The molecule has 3 aromatic carbocycles. The quantitative estimate of drug-likeness (QED) is 0.272. The van der Waals surface area contributed by atoms with Gasteiger partial charge in [-0.15, -0.1) is 0 Å². The number of nitrogens with zero attached hydrogens (tertiary/aromatic N) is 5. The molecule has 0 spiro atoms. The molecule has 2 aliphatic rings. The number of piperazine rings is 1. The summed E-state index contributed by atoms with van der Waals surface area (Å²) in [5.41, 5.74) is 5.45. The van der Waals surface area contributed by atoms with Crippen LogP contribution < -0.4 is 19.1 Å². The molecule has 7 rings (SSSR count). The van der Waals surface area contributed by atoms with Crippen molar-refractivity contribution in [3.05, 3.63) is 90.9 Å². The van der Waals surface area contributed by atoms with Crippen molar-refractivity contribution < 1.29 is 14.2 Å². The lowest BCUT2D eigenvalue weighted by Gasteiger charge is -2.35. The Kier molecular flexibility index (Phi) is 6.45. The summed E-state index contributed by atoms with van der Waals surface area (Å²) >= 11 is 0. The number of fused-ring (bicyclic) bond motifs is 2. The number of aromatic nitrogens is 3. The van der Waals surface area contributed by atoms with Gasteiger partial charge in [0.1, 0.15) is 17.9 Å². The first-order valence-electron chi connectivity index (χ1n) is 13.8. The van der Waals surface area contributed by atoms with Crippen LogP contribution in [0.2, 0.25) is 0 Å². The highest BCUT2D eigenvalue weighted by molar-refractivity contribution is 6.02. The predicted octanol–water partition coefficient (Wildman–Crippen LogP) is 5.54. The Hall–Kier alpha value is -4.56. The summed E-state index contributed by atoms with van der Waals surface area (Å²) in [6.45, 7) is 7.49. The standard InChI is InChI=1S/C32H31N5O3/c1-2-38-26-11-9-25(10-12-26)37-20-27(24-6-4-3-5-7-24)30-31(33-21-34-32(30)37)36-16-14-35(15-17-36)19-23-8-13-28-29(18-23)40-22-39-28/h3-13,18,20-21H,2,14-17,19,22H2,1H3. The molecule has 0 saturated carbocycles. The fraction of sp³-hybridized carbons (Fsp3) is 0.250. The zero-order valence-electron chi connectivity index (χ0n) is 22.5. The lowest BCUT2D eigenvalue weighted by Crippen LogP contribution is -2.46. The third-order valence-electron chi connectivity index (χ3n) is 7.59. The molecular weight excluding hydrogens is 502 g/mol. The monoisotopic (exact) mass is 533 g/mol. The first-order chi connectivity index (χ1) is 19.8. The number of hydrogen-bond acceptors (Lipinski definition) is 7. The average Bonchev–Trinajstić information content (AvgIpc) is 3.63. The molecule has 0 aliphatic carbocycles. The van der Waals surface area contributed by atoms with E-state index < -0.39 is 0 Å². The summed E-state index contributed by atoms with van der Waals surface area (Å²) in [6, 6.07) is 24.9. The second kappa shape index (κ2) is 10.5. The Labute approximate surface area is 233 Å². The molecule has 4 heterocycles. The molecule has 0 amide bonds. The molecule has 8 heteroatoms. The van der Waals surface area contributed by atoms with E-state index in [0.717, 1.165) is 83.6 Å². The van der Waals surface area contributed by atoms with Crippen LogP contribution in [0.3, 0.4) is 0 Å². The lowest BCUT2D eigenvalue weighted by atomic mass is 10.1. The normalized spacial score (nSPS) is 15.1. The minimum atomic E-state index is 0.302. The average molecular weight is 534 g/mol. The van der Waals surface area contributed by atoms with Gasteiger partial charge in [0.15, 0.2) is 17.1 Å². The summed E-state index contributed by atoms with van der Waals surface area (Å²) in [6.07, 6.45) is 3.88. The van der Waals surface area contributed by atoms with Gasteiger partial charge >= 0.3 is 0 Å². The van der Waals surface area contributed by atoms with E-state index in [-0.39, 0.29) is 0 Å². The van der Waals surface area contributed by atoms with Gasteiger partial charge in [0, 0.05) is 50.2 Å². The fourth-order valence-corrected chi connectivity index (χ4v) is 5.60. The van der Waals surface area contributed by atoms with Gasteiger partial charge in [-0.05, 0) is 54.4 Å². The van der Waals surface area contributed by atoms with E-state index in [1.807, 2.05) is 31.2 Å². The minimum absolute atomic E-state index is 0.302. The molecule has 202 valence electrons. The number of rotatable bonds is 7. The highest BCUT2D eigenvalue weighted by atomic mass is 16.7. The van der Waals surface area contributed by atoms with Gasteiger partial charge in [0.25, 0.3) is 0 Å². The molecule has 8 nitrogen and oxygen atoms in total. The number of ether oxygens (including phenoxy) is 3. The lowest BCUT2D eigenvalue weighted by molar-refractivity contribution is 0.174. The molecule has 0 bridgehead atoms. The second-order valence-electron chi connectivity index (χ2n) is 10.1. The highest BCUT2D eigenvalue weighted by Crippen LogP contribution is 2.37. The van der Waals surface area contributed by atoms with E-state index in [1.54, 1.807) is 6.33 Å². The van der Waals surface area contributed by atoms with Gasteiger partial charge in [0.05, 0.1) is 12.0 Å². The molecule has 40 heavy (non-hydrogen) atoms. The van der Waals surface area contributed by atoms with Crippen molar-refractivity contribution in [3.8, 4) is 34.1 Å². The summed E-state index contributed by atoms with van der Waals surface area (Å²) < 4.78 is 18.9. The smallest absolute Gasteiger partial charge is 0.231 e. The van der Waals surface area contributed by atoms with Gasteiger partial charge in [-0.1, -0.05) is 36.4 Å². The maximum atomic E-state index is 5.67. The zero-order chi connectivity index (χ0) is 26.9. The predicted molar refractivity (Wildman–Crippen MR) is 156 cm³/mol. The van der Waals surface area contributed by atoms with Crippen molar-refractivity contribution in [1.82, 2.24) is 19.4 Å². The number of benzene rings is 3. The molecule has 5 aromatic rings. The number of anilines is 1. The van der Waals surface area contributed by atoms with Crippen LogP contribution in [0.4, 0.5) is 5.82 Å². The third kappa shape index (κ3) is 4.60. The molecule has 2 aliphatic heterocycles. The largest absolute Gasteiger partial charge is 0.494 e. The topological polar surface area (TPSA) is 64.9 Å². The third-order valence-corrected chi connectivity index (χ3v) is 7.59. The van der Waals surface area contributed by atoms with Crippen LogP contribution in [0.5, 0.6) is 17.2 Å². The highest BCUT2D eigenvalue weighted by Gasteiger charge is 2.24. The second-order valence-corrected chi connectivity index (χ2v) is 10.1. The van der Waals surface area contributed by atoms with Crippen molar-refractivity contribution in [2.45, 2.75) is 13.5 Å². The Morgan fingerprint density at radius 1 is 0.850 bits per heavy atom. The SMILES string of the molecule is CCOc1ccc(-n2cc(-c3ccccc3)c3c(N4CCN(Cc5ccc6c(c5)OCO6)CC4)ncnc32)cc1. The summed E-state index contributed by atoms with van der Waals surface area (Å²) in [4.78, 5) is 14.5. The molecule has 1 fully saturated rings. The Morgan fingerprint density at radius 3 is 2.45 bits per heavy atom. The van der Waals surface area contributed by atoms with Crippen molar-refractivity contribution >= 4 is 16.9 Å². The molecule has 0 unspecified atom stereocenters. The van der Waals surface area contributed by atoms with Gasteiger partial charge in [-0.3, -0.25) is 4.90 Å². The number of hydrogen-bond donors (Lipinski definition) is 0. The molecule has 2 aromatic heterocycles. The van der Waals surface area contributed by atoms with Crippen LogP contribution in [0.15, 0.2) is 85.3 Å². The van der Waals surface area contributed by atoms with E-state index in [1.165, 1.54) is 5.56 Å². The molecule has 1 saturated heterocycles. The van der Waals surface area contributed by atoms with Crippen molar-refractivity contribution in [3.63, 3.8) is 0 Å². The van der Waals surface area contributed by atoms with E-state index >= 15 is 0 Å². The first-order valence-corrected chi connectivity index (χ1v) is 13.8. The molecule has 0 N–H and O–H groups in total. The Morgan fingerprint density at radius 2 is 1.65 bits per heavy atom. The van der Waals surface area contributed by atoms with Crippen molar-refractivity contribution in [1.29, 1.82) is 0 Å². The molecule has 0 atom stereocenters. The minimum Gasteiger partial charge on any atom is -0.494 e. The van der Waals surface area contributed by atoms with Crippen LogP contribution in [0.25, 0.3) is 27.8 Å². The zero-order valence-corrected chi connectivity index (χ0v) is 22.5. The van der Waals surface area contributed by atoms with Gasteiger partial charge in [0.2, 0.25) is 6.79 Å². The Bertz CT molecular complexity index is 1630. The van der Waals surface area contributed by atoms with Crippen molar-refractivity contribution in [2.24, 2.45) is 0 Å². The summed E-state index contributed by atoms with van der Waals surface area (Å²) in [7, 11) is 0. The van der Waals surface area contributed by atoms with Crippen LogP contribution >= 0.6 is 0 Å². The van der Waals surface area contributed by atoms with Crippen LogP contribution in [-0.4, -0.2) is 59.0 Å². The fourth-order valence-electron chi connectivity index (χ4n) is 5.60. The van der Waals surface area contributed by atoms with Gasteiger partial charge in [-0.25, -0.2) is 9.97 Å². The van der Waals surface area contributed by atoms with E-state index in [0.29, 0.717) is 13.4 Å². The van der Waals surface area contributed by atoms with E-state index in [2.05, 4.69) is 69.1 Å². The van der Waals surface area contributed by atoms with Gasteiger partial charge in [-0.2, -0.15) is 0 Å².